The topological polar surface area (TPSA) is 86.2 Å². The molecule has 0 aromatic rings. The van der Waals surface area contributed by atoms with Crippen molar-refractivity contribution in [1.82, 2.24) is 15.5 Å². The molecule has 5 aliphatic rings. The summed E-state index contributed by atoms with van der Waals surface area (Å²) in [6, 6.07) is 0.433. The molecule has 0 radical (unpaired) electrons. The molecule has 0 aromatic heterocycles. The van der Waals surface area contributed by atoms with Crippen molar-refractivity contribution in [3.05, 3.63) is 0 Å². The minimum atomic E-state index is -0.921. The molecule has 7 unspecified atom stereocenters. The van der Waals surface area contributed by atoms with Gasteiger partial charge in [-0.25, -0.2) is 0 Å². The van der Waals surface area contributed by atoms with Gasteiger partial charge in [-0.3, -0.25) is 10.2 Å². The SMILES string of the molecule is CC1NCNC2C1CCN2C1O[C@H]([C@@H]2OCCCC3CC(Cl)CCC32)[C@@H](O)[C@H]1O. The van der Waals surface area contributed by atoms with Gasteiger partial charge in [0.1, 0.15) is 24.5 Å². The Balaban J connectivity index is 1.33. The van der Waals surface area contributed by atoms with Crippen molar-refractivity contribution in [3.63, 3.8) is 0 Å². The van der Waals surface area contributed by atoms with E-state index in [0.29, 0.717) is 30.4 Å². The predicted molar refractivity (Wildman–Crippen MR) is 109 cm³/mol. The van der Waals surface area contributed by atoms with Gasteiger partial charge in [0, 0.05) is 37.2 Å². The summed E-state index contributed by atoms with van der Waals surface area (Å²) in [5.41, 5.74) is 0. The van der Waals surface area contributed by atoms with Gasteiger partial charge in [0.25, 0.3) is 0 Å². The Bertz CT molecular complexity index is 586. The van der Waals surface area contributed by atoms with Gasteiger partial charge in [-0.05, 0) is 57.3 Å². The fourth-order valence-corrected chi connectivity index (χ4v) is 7.00. The summed E-state index contributed by atoms with van der Waals surface area (Å²) in [6.45, 7) is 4.53. The Morgan fingerprint density at radius 2 is 1.86 bits per heavy atom. The first-order chi connectivity index (χ1) is 14.0. The molecule has 4 N–H and O–H groups in total. The van der Waals surface area contributed by atoms with Crippen LogP contribution in [0.3, 0.4) is 0 Å². The standard InChI is InChI=1S/C21H36ClN3O4/c1-11-14-6-7-25(20(14)24-10-23-11)21-17(27)16(26)19(29-21)18-15-5-4-13(22)9-12(15)3-2-8-28-18/h11-21,23-24,26-27H,2-10H2,1H3/t11?,12?,13?,14?,15?,16-,17+,18+,19-,20?,21?/m0/s1. The molecule has 4 saturated heterocycles. The summed E-state index contributed by atoms with van der Waals surface area (Å²) in [4.78, 5) is 2.22. The highest BCUT2D eigenvalue weighted by Gasteiger charge is 2.55. The number of aliphatic hydroxyl groups excluding tert-OH is 2. The maximum Gasteiger partial charge on any atom is 0.141 e. The molecule has 5 fully saturated rings. The van der Waals surface area contributed by atoms with Crippen LogP contribution < -0.4 is 10.6 Å². The number of likely N-dealkylation sites (tertiary alicyclic amines) is 1. The fourth-order valence-electron chi connectivity index (χ4n) is 6.65. The van der Waals surface area contributed by atoms with Gasteiger partial charge in [-0.1, -0.05) is 0 Å². The van der Waals surface area contributed by atoms with Crippen LogP contribution in [0.2, 0.25) is 0 Å². The first-order valence-corrected chi connectivity index (χ1v) is 12.0. The number of nitrogens with zero attached hydrogens (tertiary/aromatic N) is 1. The summed E-state index contributed by atoms with van der Waals surface area (Å²) in [5, 5.41) is 29.2. The quantitative estimate of drug-likeness (QED) is 0.483. The Labute approximate surface area is 178 Å². The van der Waals surface area contributed by atoms with Crippen molar-refractivity contribution in [3.8, 4) is 0 Å². The molecule has 1 aliphatic carbocycles. The number of hydrogen-bond donors (Lipinski definition) is 4. The molecule has 5 rings (SSSR count). The third kappa shape index (κ3) is 3.76. The van der Waals surface area contributed by atoms with Gasteiger partial charge in [0.2, 0.25) is 0 Å². The molecule has 166 valence electrons. The second-order valence-electron chi connectivity index (χ2n) is 9.79. The van der Waals surface area contributed by atoms with Gasteiger partial charge < -0.3 is 25.0 Å². The molecule has 4 heterocycles. The lowest BCUT2D eigenvalue weighted by Crippen LogP contribution is -2.61. The highest BCUT2D eigenvalue weighted by Crippen LogP contribution is 2.44. The molecule has 11 atom stereocenters. The first kappa shape index (κ1) is 20.9. The minimum Gasteiger partial charge on any atom is -0.387 e. The zero-order chi connectivity index (χ0) is 20.1. The van der Waals surface area contributed by atoms with E-state index in [-0.39, 0.29) is 17.6 Å². The molecule has 8 heteroatoms. The van der Waals surface area contributed by atoms with Gasteiger partial charge in [0.05, 0.1) is 12.3 Å². The average Bonchev–Trinajstić information content (AvgIpc) is 3.18. The van der Waals surface area contributed by atoms with Crippen molar-refractivity contribution < 1.29 is 19.7 Å². The normalized spacial score (nSPS) is 54.0. The Morgan fingerprint density at radius 1 is 1.00 bits per heavy atom. The van der Waals surface area contributed by atoms with E-state index in [1.807, 2.05) is 0 Å². The second kappa shape index (κ2) is 8.51. The van der Waals surface area contributed by atoms with Crippen LogP contribution in [0.25, 0.3) is 0 Å². The number of hydrogen-bond acceptors (Lipinski definition) is 7. The lowest BCUT2D eigenvalue weighted by molar-refractivity contribution is -0.152. The van der Waals surface area contributed by atoms with Gasteiger partial charge in [-0.15, -0.1) is 11.6 Å². The molecule has 0 spiro atoms. The third-order valence-electron chi connectivity index (χ3n) is 8.22. The predicted octanol–water partition coefficient (Wildman–Crippen LogP) is 0.823. The molecular formula is C21H36ClN3O4. The molecule has 0 bridgehead atoms. The molecule has 7 nitrogen and oxygen atoms in total. The Kier molecular flexibility index (Phi) is 6.13. The third-order valence-corrected chi connectivity index (χ3v) is 8.61. The number of fused-ring (bicyclic) bond motifs is 2. The van der Waals surface area contributed by atoms with E-state index in [2.05, 4.69) is 22.5 Å². The van der Waals surface area contributed by atoms with E-state index >= 15 is 0 Å². The van der Waals surface area contributed by atoms with Crippen LogP contribution in [-0.2, 0) is 9.47 Å². The van der Waals surface area contributed by atoms with Crippen LogP contribution in [0, 0.1) is 17.8 Å². The lowest BCUT2D eigenvalue weighted by atomic mass is 9.73. The zero-order valence-electron chi connectivity index (χ0n) is 17.3. The van der Waals surface area contributed by atoms with Gasteiger partial charge in [-0.2, -0.15) is 0 Å². The van der Waals surface area contributed by atoms with E-state index < -0.39 is 24.5 Å². The molecule has 4 aliphatic heterocycles. The number of aliphatic hydroxyl groups is 2. The maximum atomic E-state index is 11.0. The molecule has 1 saturated carbocycles. The summed E-state index contributed by atoms with van der Waals surface area (Å²) in [7, 11) is 0. The van der Waals surface area contributed by atoms with Crippen molar-refractivity contribution >= 4 is 11.6 Å². The monoisotopic (exact) mass is 429 g/mol. The number of ether oxygens (including phenoxy) is 2. The minimum absolute atomic E-state index is 0.167. The number of rotatable bonds is 2. The van der Waals surface area contributed by atoms with E-state index in [1.54, 1.807) is 0 Å². The van der Waals surface area contributed by atoms with Gasteiger partial charge >= 0.3 is 0 Å². The average molecular weight is 430 g/mol. The highest BCUT2D eigenvalue weighted by molar-refractivity contribution is 6.20. The summed E-state index contributed by atoms with van der Waals surface area (Å²) in [6.07, 6.45) is 3.43. The van der Waals surface area contributed by atoms with E-state index in [9.17, 15) is 10.2 Å². The largest absolute Gasteiger partial charge is 0.387 e. The molecule has 0 amide bonds. The summed E-state index contributed by atoms with van der Waals surface area (Å²) < 4.78 is 12.7. The molecular weight excluding hydrogens is 394 g/mol. The Morgan fingerprint density at radius 3 is 2.72 bits per heavy atom. The van der Waals surface area contributed by atoms with E-state index in [0.717, 1.165) is 51.7 Å². The van der Waals surface area contributed by atoms with Crippen LogP contribution in [0.4, 0.5) is 0 Å². The molecule has 29 heavy (non-hydrogen) atoms. The highest BCUT2D eigenvalue weighted by atomic mass is 35.5. The summed E-state index contributed by atoms with van der Waals surface area (Å²) in [5.74, 6) is 1.35. The number of halogens is 1. The Hall–Kier alpha value is 0.01000. The van der Waals surface area contributed by atoms with Gasteiger partial charge in [0.15, 0.2) is 0 Å². The lowest BCUT2D eigenvalue weighted by Gasteiger charge is -2.40. The maximum absolute atomic E-state index is 11.0. The van der Waals surface area contributed by atoms with Crippen LogP contribution in [0.1, 0.15) is 45.4 Å². The van der Waals surface area contributed by atoms with Crippen molar-refractivity contribution in [2.24, 2.45) is 17.8 Å². The van der Waals surface area contributed by atoms with Crippen LogP contribution in [0.15, 0.2) is 0 Å². The number of alkyl halides is 1. The van der Waals surface area contributed by atoms with Crippen LogP contribution in [0.5, 0.6) is 0 Å². The van der Waals surface area contributed by atoms with E-state index in [4.69, 9.17) is 21.1 Å². The second-order valence-corrected chi connectivity index (χ2v) is 10.4. The van der Waals surface area contributed by atoms with Crippen LogP contribution in [-0.4, -0.2) is 83.2 Å². The first-order valence-electron chi connectivity index (χ1n) is 11.5. The van der Waals surface area contributed by atoms with E-state index in [1.165, 1.54) is 0 Å². The smallest absolute Gasteiger partial charge is 0.141 e. The number of nitrogens with one attached hydrogen (secondary N) is 2. The van der Waals surface area contributed by atoms with Crippen molar-refractivity contribution in [2.75, 3.05) is 19.8 Å². The van der Waals surface area contributed by atoms with Crippen molar-refractivity contribution in [2.45, 2.75) is 93.7 Å². The zero-order valence-corrected chi connectivity index (χ0v) is 18.0. The molecule has 0 aromatic carbocycles. The fraction of sp³-hybridized carbons (Fsp3) is 1.00. The van der Waals surface area contributed by atoms with Crippen molar-refractivity contribution in [1.29, 1.82) is 0 Å². The van der Waals surface area contributed by atoms with Crippen LogP contribution >= 0.6 is 11.6 Å². The summed E-state index contributed by atoms with van der Waals surface area (Å²) >= 11 is 6.45.